The molecule has 0 saturated carbocycles. The fourth-order valence-corrected chi connectivity index (χ4v) is 2.25. The molecule has 1 aromatic carbocycles. The molecule has 0 fully saturated rings. The Bertz CT molecular complexity index is 701. The minimum Gasteiger partial charge on any atom is -0.489 e. The van der Waals surface area contributed by atoms with Gasteiger partial charge in [0.15, 0.2) is 0 Å². The Labute approximate surface area is 143 Å². The van der Waals surface area contributed by atoms with Gasteiger partial charge in [-0.25, -0.2) is 4.79 Å². The summed E-state index contributed by atoms with van der Waals surface area (Å²) in [7, 11) is 0. The van der Waals surface area contributed by atoms with Crippen molar-refractivity contribution in [2.75, 3.05) is 6.61 Å². The van der Waals surface area contributed by atoms with Crippen molar-refractivity contribution in [3.63, 3.8) is 0 Å². The van der Waals surface area contributed by atoms with Crippen LogP contribution >= 0.6 is 15.9 Å². The molecular weight excluding hydrogens is 362 g/mol. The van der Waals surface area contributed by atoms with Gasteiger partial charge in [0.05, 0.1) is 17.8 Å². The third-order valence-corrected chi connectivity index (χ3v) is 3.31. The van der Waals surface area contributed by atoms with E-state index in [0.717, 1.165) is 15.4 Å². The zero-order valence-electron chi connectivity index (χ0n) is 13.6. The molecule has 0 spiro atoms. The van der Waals surface area contributed by atoms with Crippen LogP contribution in [0.15, 0.2) is 28.9 Å². The molecule has 0 saturated heterocycles. The van der Waals surface area contributed by atoms with Crippen molar-refractivity contribution in [1.29, 1.82) is 0 Å². The number of hydrogen-bond acceptors (Lipinski definition) is 5. The Morgan fingerprint density at radius 3 is 2.83 bits per heavy atom. The SMILES string of the molecule is C[C@H](COc1cnnc2ccc(Br)cc12)NC(=O)OC(C)(C)C. The standard InChI is InChI=1S/C16H20BrN3O3/c1-10(19-15(21)23-16(2,3)4)9-22-14-8-18-20-13-6-5-11(17)7-12(13)14/h5-8,10H,9H2,1-4H3,(H,19,21)/t10-/m1/s1. The number of hydrogen-bond donors (Lipinski definition) is 1. The van der Waals surface area contributed by atoms with Gasteiger partial charge in [0.1, 0.15) is 18.0 Å². The fraction of sp³-hybridized carbons (Fsp3) is 0.438. The number of amides is 1. The summed E-state index contributed by atoms with van der Waals surface area (Å²) in [6, 6.07) is 5.47. The van der Waals surface area contributed by atoms with Crippen molar-refractivity contribution in [1.82, 2.24) is 15.5 Å². The van der Waals surface area contributed by atoms with E-state index in [0.29, 0.717) is 12.4 Å². The zero-order valence-corrected chi connectivity index (χ0v) is 15.2. The number of halogens is 1. The highest BCUT2D eigenvalue weighted by Crippen LogP contribution is 2.26. The van der Waals surface area contributed by atoms with Crippen molar-refractivity contribution in [2.24, 2.45) is 0 Å². The molecule has 1 amide bonds. The molecule has 2 rings (SSSR count). The van der Waals surface area contributed by atoms with Crippen LogP contribution in [0.4, 0.5) is 4.79 Å². The van der Waals surface area contributed by atoms with Crippen LogP contribution in [0.1, 0.15) is 27.7 Å². The second kappa shape index (κ2) is 7.12. The van der Waals surface area contributed by atoms with Crippen molar-refractivity contribution in [2.45, 2.75) is 39.3 Å². The van der Waals surface area contributed by atoms with Crippen molar-refractivity contribution in [3.05, 3.63) is 28.9 Å². The van der Waals surface area contributed by atoms with E-state index in [9.17, 15) is 4.79 Å². The van der Waals surface area contributed by atoms with Crippen LogP contribution in [0.5, 0.6) is 5.75 Å². The fourth-order valence-electron chi connectivity index (χ4n) is 1.89. The van der Waals surface area contributed by atoms with Gasteiger partial charge in [-0.2, -0.15) is 10.2 Å². The van der Waals surface area contributed by atoms with Gasteiger partial charge in [-0.1, -0.05) is 15.9 Å². The molecule has 0 unspecified atom stereocenters. The molecule has 6 nitrogen and oxygen atoms in total. The van der Waals surface area contributed by atoms with Crippen molar-refractivity contribution >= 4 is 32.9 Å². The van der Waals surface area contributed by atoms with Crippen LogP contribution in [0.2, 0.25) is 0 Å². The van der Waals surface area contributed by atoms with Crippen molar-refractivity contribution < 1.29 is 14.3 Å². The van der Waals surface area contributed by atoms with Gasteiger partial charge in [-0.3, -0.25) is 0 Å². The quantitative estimate of drug-likeness (QED) is 0.873. The predicted octanol–water partition coefficient (Wildman–Crippen LogP) is 3.68. The Morgan fingerprint density at radius 1 is 1.39 bits per heavy atom. The number of alkyl carbamates (subject to hydrolysis) is 1. The summed E-state index contributed by atoms with van der Waals surface area (Å²) in [6.45, 7) is 7.60. The van der Waals surface area contributed by atoms with E-state index in [1.807, 2.05) is 45.9 Å². The lowest BCUT2D eigenvalue weighted by atomic mass is 10.2. The zero-order chi connectivity index (χ0) is 17.0. The third-order valence-electron chi connectivity index (χ3n) is 2.82. The van der Waals surface area contributed by atoms with Gasteiger partial charge >= 0.3 is 6.09 Å². The number of nitrogens with one attached hydrogen (secondary N) is 1. The summed E-state index contributed by atoms with van der Waals surface area (Å²) in [5.74, 6) is 0.620. The van der Waals surface area contributed by atoms with E-state index in [4.69, 9.17) is 9.47 Å². The maximum atomic E-state index is 11.7. The van der Waals surface area contributed by atoms with Gasteiger partial charge in [0.2, 0.25) is 0 Å². The Kier molecular flexibility index (Phi) is 5.41. The van der Waals surface area contributed by atoms with Gasteiger partial charge in [-0.05, 0) is 45.9 Å². The third kappa shape index (κ3) is 5.35. The van der Waals surface area contributed by atoms with Gasteiger partial charge < -0.3 is 14.8 Å². The van der Waals surface area contributed by atoms with E-state index in [-0.39, 0.29) is 6.04 Å². The second-order valence-corrected chi connectivity index (χ2v) is 7.14. The predicted molar refractivity (Wildman–Crippen MR) is 91.6 cm³/mol. The average molecular weight is 382 g/mol. The van der Waals surface area contributed by atoms with E-state index >= 15 is 0 Å². The Balaban J connectivity index is 1.98. The lowest BCUT2D eigenvalue weighted by Crippen LogP contribution is -2.40. The minimum absolute atomic E-state index is 0.208. The number of nitrogens with zero attached hydrogens (tertiary/aromatic N) is 2. The molecule has 0 bridgehead atoms. The Hall–Kier alpha value is -1.89. The molecule has 2 aromatic rings. The van der Waals surface area contributed by atoms with Crippen LogP contribution in [0, 0.1) is 0 Å². The number of aromatic nitrogens is 2. The first-order valence-electron chi connectivity index (χ1n) is 7.28. The highest BCUT2D eigenvalue weighted by atomic mass is 79.9. The molecule has 1 aromatic heterocycles. The van der Waals surface area contributed by atoms with E-state index in [1.165, 1.54) is 0 Å². The first kappa shape index (κ1) is 17.5. The number of carbonyl (C=O) groups is 1. The van der Waals surface area contributed by atoms with E-state index < -0.39 is 11.7 Å². The Morgan fingerprint density at radius 2 is 2.13 bits per heavy atom. The van der Waals surface area contributed by atoms with Crippen LogP contribution < -0.4 is 10.1 Å². The first-order valence-corrected chi connectivity index (χ1v) is 8.07. The van der Waals surface area contributed by atoms with E-state index in [2.05, 4.69) is 31.4 Å². The summed E-state index contributed by atoms with van der Waals surface area (Å²) in [4.78, 5) is 11.7. The van der Waals surface area contributed by atoms with Gasteiger partial charge in [0, 0.05) is 9.86 Å². The highest BCUT2D eigenvalue weighted by molar-refractivity contribution is 9.10. The van der Waals surface area contributed by atoms with Gasteiger partial charge in [0.25, 0.3) is 0 Å². The van der Waals surface area contributed by atoms with E-state index in [1.54, 1.807) is 6.20 Å². The average Bonchev–Trinajstić information content (AvgIpc) is 2.42. The van der Waals surface area contributed by atoms with Crippen LogP contribution in [0.3, 0.4) is 0 Å². The van der Waals surface area contributed by atoms with Crippen LogP contribution in [-0.4, -0.2) is 34.5 Å². The second-order valence-electron chi connectivity index (χ2n) is 6.23. The molecule has 124 valence electrons. The molecular formula is C16H20BrN3O3. The lowest BCUT2D eigenvalue weighted by Gasteiger charge is -2.22. The number of carbonyl (C=O) groups excluding carboxylic acids is 1. The molecule has 1 N–H and O–H groups in total. The number of benzene rings is 1. The number of fused-ring (bicyclic) bond motifs is 1. The normalized spacial score (nSPS) is 12.7. The molecule has 0 radical (unpaired) electrons. The topological polar surface area (TPSA) is 73.3 Å². The smallest absolute Gasteiger partial charge is 0.407 e. The maximum absolute atomic E-state index is 11.7. The van der Waals surface area contributed by atoms with Crippen LogP contribution in [0.25, 0.3) is 10.9 Å². The largest absolute Gasteiger partial charge is 0.489 e. The first-order chi connectivity index (χ1) is 10.7. The molecule has 23 heavy (non-hydrogen) atoms. The maximum Gasteiger partial charge on any atom is 0.407 e. The minimum atomic E-state index is -0.526. The summed E-state index contributed by atoms with van der Waals surface area (Å²) in [5.41, 5.74) is 0.223. The van der Waals surface area contributed by atoms with Crippen LogP contribution in [-0.2, 0) is 4.74 Å². The summed E-state index contributed by atoms with van der Waals surface area (Å²) in [5, 5.41) is 11.6. The molecule has 0 aliphatic carbocycles. The molecule has 7 heteroatoms. The monoisotopic (exact) mass is 381 g/mol. The number of rotatable bonds is 4. The lowest BCUT2D eigenvalue weighted by molar-refractivity contribution is 0.0494. The molecule has 0 aliphatic heterocycles. The highest BCUT2D eigenvalue weighted by Gasteiger charge is 2.18. The van der Waals surface area contributed by atoms with Gasteiger partial charge in [-0.15, -0.1) is 0 Å². The molecule has 1 atom stereocenters. The number of ether oxygens (including phenoxy) is 2. The summed E-state index contributed by atoms with van der Waals surface area (Å²) < 4.78 is 11.9. The molecule has 0 aliphatic rings. The van der Waals surface area contributed by atoms with Crippen molar-refractivity contribution in [3.8, 4) is 5.75 Å². The molecule has 1 heterocycles. The summed E-state index contributed by atoms with van der Waals surface area (Å²) >= 11 is 3.43. The summed E-state index contributed by atoms with van der Waals surface area (Å²) in [6.07, 6.45) is 1.10.